The van der Waals surface area contributed by atoms with Gasteiger partial charge in [0.2, 0.25) is 11.6 Å². The second kappa shape index (κ2) is 8.38. The molecule has 28 heavy (non-hydrogen) atoms. The zero-order valence-electron chi connectivity index (χ0n) is 15.5. The summed E-state index contributed by atoms with van der Waals surface area (Å²) in [7, 11) is 4.40. The number of methoxy groups -OCH3 is 3. The van der Waals surface area contributed by atoms with E-state index in [1.165, 1.54) is 45.6 Å². The van der Waals surface area contributed by atoms with E-state index in [4.69, 9.17) is 18.6 Å². The summed E-state index contributed by atoms with van der Waals surface area (Å²) in [6.07, 6.45) is 0. The Balaban J connectivity index is 1.74. The first-order chi connectivity index (χ1) is 13.6. The Morgan fingerprint density at radius 2 is 1.75 bits per heavy atom. The number of ether oxygens (including phenoxy) is 3. The molecule has 1 aromatic heterocycles. The number of nitrogens with zero attached hydrogens (tertiary/aromatic N) is 2. The number of rotatable bonds is 7. The lowest BCUT2D eigenvalue weighted by atomic mass is 10.1. The molecule has 0 fully saturated rings. The molecule has 0 aliphatic heterocycles. The van der Waals surface area contributed by atoms with E-state index in [1.54, 1.807) is 12.1 Å². The van der Waals surface area contributed by atoms with Crippen molar-refractivity contribution >= 4 is 5.91 Å². The van der Waals surface area contributed by atoms with E-state index < -0.39 is 11.7 Å². The Morgan fingerprint density at radius 3 is 2.36 bits per heavy atom. The normalized spacial score (nSPS) is 10.4. The molecule has 2 aromatic carbocycles. The predicted molar refractivity (Wildman–Crippen MR) is 97.0 cm³/mol. The Hall–Kier alpha value is -3.62. The van der Waals surface area contributed by atoms with Crippen molar-refractivity contribution in [3.8, 4) is 28.7 Å². The molecule has 0 aliphatic rings. The average molecular weight is 387 g/mol. The van der Waals surface area contributed by atoms with Crippen LogP contribution in [0.15, 0.2) is 40.8 Å². The van der Waals surface area contributed by atoms with Crippen LogP contribution in [0.2, 0.25) is 0 Å². The number of carbonyl (C=O) groups is 1. The van der Waals surface area contributed by atoms with Crippen LogP contribution in [0.4, 0.5) is 4.39 Å². The SMILES string of the molecule is COc1cc(C(=O)NCc2nnc(-c3ccccc3F)o2)cc(OC)c1OC. The van der Waals surface area contributed by atoms with Crippen molar-refractivity contribution in [1.29, 1.82) is 0 Å². The van der Waals surface area contributed by atoms with Crippen LogP contribution in [0.25, 0.3) is 11.5 Å². The van der Waals surface area contributed by atoms with Gasteiger partial charge in [-0.3, -0.25) is 4.79 Å². The number of halogens is 1. The van der Waals surface area contributed by atoms with E-state index >= 15 is 0 Å². The van der Waals surface area contributed by atoms with Gasteiger partial charge in [-0.1, -0.05) is 12.1 Å². The first-order valence-corrected chi connectivity index (χ1v) is 8.22. The zero-order valence-corrected chi connectivity index (χ0v) is 15.5. The van der Waals surface area contributed by atoms with E-state index in [0.29, 0.717) is 22.8 Å². The van der Waals surface area contributed by atoms with Crippen molar-refractivity contribution in [3.05, 3.63) is 53.7 Å². The standard InChI is InChI=1S/C19H18FN3O5/c1-25-14-8-11(9-15(26-2)17(14)27-3)18(24)21-10-16-22-23-19(28-16)12-6-4-5-7-13(12)20/h4-9H,10H2,1-3H3,(H,21,24). The number of hydrogen-bond donors (Lipinski definition) is 1. The van der Waals surface area contributed by atoms with Gasteiger partial charge in [0.25, 0.3) is 11.8 Å². The highest BCUT2D eigenvalue weighted by Crippen LogP contribution is 2.38. The van der Waals surface area contributed by atoms with Gasteiger partial charge in [-0.2, -0.15) is 0 Å². The molecule has 1 amide bonds. The lowest BCUT2D eigenvalue weighted by Crippen LogP contribution is -2.23. The lowest BCUT2D eigenvalue weighted by Gasteiger charge is -2.13. The van der Waals surface area contributed by atoms with Crippen LogP contribution >= 0.6 is 0 Å². The fourth-order valence-corrected chi connectivity index (χ4v) is 2.54. The molecule has 9 heteroatoms. The lowest BCUT2D eigenvalue weighted by molar-refractivity contribution is 0.0946. The number of carbonyl (C=O) groups excluding carboxylic acids is 1. The van der Waals surface area contributed by atoms with Gasteiger partial charge in [-0.15, -0.1) is 10.2 Å². The van der Waals surface area contributed by atoms with Gasteiger partial charge in [-0.25, -0.2) is 4.39 Å². The average Bonchev–Trinajstić information content (AvgIpc) is 3.19. The van der Waals surface area contributed by atoms with Gasteiger partial charge in [0, 0.05) is 5.56 Å². The van der Waals surface area contributed by atoms with Gasteiger partial charge in [0.15, 0.2) is 11.5 Å². The second-order valence-corrected chi connectivity index (χ2v) is 5.58. The minimum atomic E-state index is -0.473. The maximum atomic E-state index is 13.8. The van der Waals surface area contributed by atoms with Crippen LogP contribution in [0, 0.1) is 5.82 Å². The molecule has 8 nitrogen and oxygen atoms in total. The Morgan fingerprint density at radius 1 is 1.07 bits per heavy atom. The molecule has 0 saturated heterocycles. The first kappa shape index (κ1) is 19.2. The Bertz CT molecular complexity index is 964. The molecular weight excluding hydrogens is 369 g/mol. The minimum Gasteiger partial charge on any atom is -0.493 e. The van der Waals surface area contributed by atoms with Crippen LogP contribution in [0.3, 0.4) is 0 Å². The first-order valence-electron chi connectivity index (χ1n) is 8.22. The van der Waals surface area contributed by atoms with E-state index in [9.17, 15) is 9.18 Å². The molecule has 0 unspecified atom stereocenters. The van der Waals surface area contributed by atoms with Crippen molar-refractivity contribution in [2.24, 2.45) is 0 Å². The van der Waals surface area contributed by atoms with Gasteiger partial charge >= 0.3 is 0 Å². The molecule has 1 N–H and O–H groups in total. The molecule has 3 rings (SSSR count). The van der Waals surface area contributed by atoms with E-state index in [0.717, 1.165) is 0 Å². The van der Waals surface area contributed by atoms with E-state index in [1.807, 2.05) is 0 Å². The largest absolute Gasteiger partial charge is 0.493 e. The van der Waals surface area contributed by atoms with Crippen LogP contribution in [-0.4, -0.2) is 37.4 Å². The number of nitrogens with one attached hydrogen (secondary N) is 1. The summed E-state index contributed by atoms with van der Waals surface area (Å²) in [5, 5.41) is 10.3. The van der Waals surface area contributed by atoms with Crippen molar-refractivity contribution in [2.45, 2.75) is 6.54 Å². The fourth-order valence-electron chi connectivity index (χ4n) is 2.54. The number of benzene rings is 2. The summed E-state index contributed by atoms with van der Waals surface area (Å²) in [5.41, 5.74) is 0.487. The molecule has 1 heterocycles. The monoisotopic (exact) mass is 387 g/mol. The highest BCUT2D eigenvalue weighted by molar-refractivity contribution is 5.95. The maximum Gasteiger partial charge on any atom is 0.251 e. The third-order valence-electron chi connectivity index (χ3n) is 3.90. The molecule has 0 radical (unpaired) electrons. The van der Waals surface area contributed by atoms with Crippen molar-refractivity contribution in [1.82, 2.24) is 15.5 Å². The molecule has 0 atom stereocenters. The van der Waals surface area contributed by atoms with Crippen LogP contribution in [0.5, 0.6) is 17.2 Å². The predicted octanol–water partition coefficient (Wildman–Crippen LogP) is 2.83. The van der Waals surface area contributed by atoms with Crippen LogP contribution in [-0.2, 0) is 6.54 Å². The molecule has 0 bridgehead atoms. The number of amides is 1. The third-order valence-corrected chi connectivity index (χ3v) is 3.90. The summed E-state index contributed by atoms with van der Waals surface area (Å²) in [4.78, 5) is 12.5. The molecule has 3 aromatic rings. The summed E-state index contributed by atoms with van der Waals surface area (Å²) in [5.74, 6) is 0.379. The van der Waals surface area contributed by atoms with E-state index in [-0.39, 0.29) is 23.9 Å². The Labute approximate surface area is 160 Å². The van der Waals surface area contributed by atoms with Gasteiger partial charge in [-0.05, 0) is 24.3 Å². The van der Waals surface area contributed by atoms with Gasteiger partial charge < -0.3 is 23.9 Å². The maximum absolute atomic E-state index is 13.8. The minimum absolute atomic E-state index is 0.0308. The molecular formula is C19H18FN3O5. The quantitative estimate of drug-likeness (QED) is 0.666. The third kappa shape index (κ3) is 3.88. The van der Waals surface area contributed by atoms with Crippen molar-refractivity contribution < 1.29 is 27.8 Å². The summed E-state index contributed by atoms with van der Waals surface area (Å²) >= 11 is 0. The number of hydrogen-bond acceptors (Lipinski definition) is 7. The Kier molecular flexibility index (Phi) is 5.73. The number of aromatic nitrogens is 2. The van der Waals surface area contributed by atoms with Gasteiger partial charge in [0.1, 0.15) is 5.82 Å². The second-order valence-electron chi connectivity index (χ2n) is 5.58. The summed E-state index contributed by atoms with van der Waals surface area (Å²) in [6.45, 7) is -0.0308. The highest BCUT2D eigenvalue weighted by Gasteiger charge is 2.18. The van der Waals surface area contributed by atoms with Crippen molar-refractivity contribution in [3.63, 3.8) is 0 Å². The van der Waals surface area contributed by atoms with E-state index in [2.05, 4.69) is 15.5 Å². The molecule has 146 valence electrons. The van der Waals surface area contributed by atoms with Gasteiger partial charge in [0.05, 0.1) is 33.4 Å². The molecule has 0 aliphatic carbocycles. The topological polar surface area (TPSA) is 95.7 Å². The zero-order chi connectivity index (χ0) is 20.1. The smallest absolute Gasteiger partial charge is 0.251 e. The van der Waals surface area contributed by atoms with Crippen LogP contribution in [0.1, 0.15) is 16.2 Å². The summed E-state index contributed by atoms with van der Waals surface area (Å²) < 4.78 is 34.9. The molecule has 0 spiro atoms. The highest BCUT2D eigenvalue weighted by atomic mass is 19.1. The van der Waals surface area contributed by atoms with Crippen molar-refractivity contribution in [2.75, 3.05) is 21.3 Å². The molecule has 0 saturated carbocycles. The summed E-state index contributed by atoms with van der Waals surface area (Å²) in [6, 6.07) is 9.10. The van der Waals surface area contributed by atoms with Crippen LogP contribution < -0.4 is 19.5 Å². The fraction of sp³-hybridized carbons (Fsp3) is 0.211.